The Morgan fingerprint density at radius 2 is 1.96 bits per heavy atom. The van der Waals surface area contributed by atoms with Gasteiger partial charge in [0.05, 0.1) is 5.60 Å². The Balaban J connectivity index is 2.16. The normalized spacial score (nSPS) is 11.8. The van der Waals surface area contributed by atoms with Crippen LogP contribution in [0.2, 0.25) is 0 Å². The molecule has 0 fully saturated rings. The van der Waals surface area contributed by atoms with E-state index in [0.717, 1.165) is 5.56 Å². The number of hydrogen-bond donors (Lipinski definition) is 1. The monoisotopic (exact) mass is 331 g/mol. The highest BCUT2D eigenvalue weighted by molar-refractivity contribution is 5.76. The van der Waals surface area contributed by atoms with E-state index in [1.165, 1.54) is 4.68 Å². The highest BCUT2D eigenvalue weighted by Crippen LogP contribution is 2.13. The van der Waals surface area contributed by atoms with Crippen LogP contribution in [0.4, 0.5) is 0 Å². The highest BCUT2D eigenvalue weighted by Gasteiger charge is 2.24. The van der Waals surface area contributed by atoms with Gasteiger partial charge in [0, 0.05) is 19.0 Å². The molecule has 1 aromatic carbocycles. The van der Waals surface area contributed by atoms with Gasteiger partial charge in [0.2, 0.25) is 5.91 Å². The molecule has 7 heteroatoms. The summed E-state index contributed by atoms with van der Waals surface area (Å²) >= 11 is 0. The standard InChI is InChI=1S/C17H25N5O2/c1-13(2)16-18-19-20-22(16)11-15(23)21(12-17(3,4)24)10-14-8-6-5-7-9-14/h5-9,13,24H,10-12H2,1-4H3. The van der Waals surface area contributed by atoms with Crippen molar-refractivity contribution in [2.24, 2.45) is 0 Å². The number of aromatic nitrogens is 4. The first-order valence-electron chi connectivity index (χ1n) is 8.06. The molecule has 0 saturated heterocycles. The molecule has 0 aliphatic carbocycles. The van der Waals surface area contributed by atoms with E-state index in [9.17, 15) is 9.90 Å². The molecule has 0 radical (unpaired) electrons. The van der Waals surface area contributed by atoms with Crippen molar-refractivity contribution in [2.45, 2.75) is 52.3 Å². The fraction of sp³-hybridized carbons (Fsp3) is 0.529. The second-order valence-electron chi connectivity index (χ2n) is 6.90. The van der Waals surface area contributed by atoms with Crippen LogP contribution < -0.4 is 0 Å². The third kappa shape index (κ3) is 5.13. The Hall–Kier alpha value is -2.28. The van der Waals surface area contributed by atoms with Crippen LogP contribution in [0.5, 0.6) is 0 Å². The average molecular weight is 331 g/mol. The van der Waals surface area contributed by atoms with Gasteiger partial charge in [-0.05, 0) is 29.8 Å². The molecular weight excluding hydrogens is 306 g/mol. The lowest BCUT2D eigenvalue weighted by Gasteiger charge is -2.29. The zero-order valence-corrected chi connectivity index (χ0v) is 14.7. The van der Waals surface area contributed by atoms with Gasteiger partial charge in [-0.2, -0.15) is 0 Å². The van der Waals surface area contributed by atoms with E-state index in [2.05, 4.69) is 15.5 Å². The summed E-state index contributed by atoms with van der Waals surface area (Å²) in [5.41, 5.74) is 0.0299. The molecule has 1 N–H and O–H groups in total. The highest BCUT2D eigenvalue weighted by atomic mass is 16.3. The number of rotatable bonds is 7. The van der Waals surface area contributed by atoms with Crippen LogP contribution in [-0.2, 0) is 17.9 Å². The maximum atomic E-state index is 12.8. The number of tetrazole rings is 1. The third-order valence-electron chi connectivity index (χ3n) is 3.51. The summed E-state index contributed by atoms with van der Waals surface area (Å²) in [4.78, 5) is 14.4. The minimum Gasteiger partial charge on any atom is -0.389 e. The number of nitrogens with zero attached hydrogens (tertiary/aromatic N) is 5. The van der Waals surface area contributed by atoms with Crippen LogP contribution in [-0.4, -0.2) is 48.3 Å². The van der Waals surface area contributed by atoms with Crippen LogP contribution in [0.1, 0.15) is 45.0 Å². The van der Waals surface area contributed by atoms with Gasteiger partial charge in [-0.1, -0.05) is 44.2 Å². The topological polar surface area (TPSA) is 84.1 Å². The summed E-state index contributed by atoms with van der Waals surface area (Å²) in [6.45, 7) is 8.06. The van der Waals surface area contributed by atoms with Crippen molar-refractivity contribution in [3.63, 3.8) is 0 Å². The molecule has 0 aliphatic rings. The van der Waals surface area contributed by atoms with Gasteiger partial charge in [0.15, 0.2) is 5.82 Å². The first-order valence-corrected chi connectivity index (χ1v) is 8.06. The molecule has 0 spiro atoms. The van der Waals surface area contributed by atoms with Crippen LogP contribution in [0.25, 0.3) is 0 Å². The Kier molecular flexibility index (Phi) is 5.66. The lowest BCUT2D eigenvalue weighted by Crippen LogP contribution is -2.43. The quantitative estimate of drug-likeness (QED) is 0.833. The summed E-state index contributed by atoms with van der Waals surface area (Å²) in [6, 6.07) is 9.71. The van der Waals surface area contributed by atoms with Gasteiger partial charge in [-0.25, -0.2) is 4.68 Å². The first-order chi connectivity index (χ1) is 11.3. The SMILES string of the molecule is CC(C)c1nnnn1CC(=O)N(Cc1ccccc1)CC(C)(C)O. The molecule has 2 rings (SSSR count). The molecule has 1 amide bonds. The van der Waals surface area contributed by atoms with Gasteiger partial charge >= 0.3 is 0 Å². The van der Waals surface area contributed by atoms with Crippen molar-refractivity contribution in [1.82, 2.24) is 25.1 Å². The Morgan fingerprint density at radius 1 is 1.29 bits per heavy atom. The lowest BCUT2D eigenvalue weighted by atomic mass is 10.1. The number of hydrogen-bond acceptors (Lipinski definition) is 5. The predicted octanol–water partition coefficient (Wildman–Crippen LogP) is 1.60. The Morgan fingerprint density at radius 3 is 2.54 bits per heavy atom. The van der Waals surface area contributed by atoms with Crippen molar-refractivity contribution in [3.8, 4) is 0 Å². The minimum atomic E-state index is -0.980. The summed E-state index contributed by atoms with van der Waals surface area (Å²) in [5.74, 6) is 0.672. The molecule has 7 nitrogen and oxygen atoms in total. The molecule has 0 unspecified atom stereocenters. The summed E-state index contributed by atoms with van der Waals surface area (Å²) in [7, 11) is 0. The van der Waals surface area contributed by atoms with Crippen molar-refractivity contribution in [2.75, 3.05) is 6.54 Å². The maximum Gasteiger partial charge on any atom is 0.244 e. The summed E-state index contributed by atoms with van der Waals surface area (Å²) < 4.78 is 1.52. The van der Waals surface area contributed by atoms with E-state index in [0.29, 0.717) is 12.4 Å². The van der Waals surface area contributed by atoms with E-state index in [1.54, 1.807) is 18.7 Å². The van der Waals surface area contributed by atoms with E-state index in [1.807, 2.05) is 44.2 Å². The van der Waals surface area contributed by atoms with Gasteiger partial charge in [-0.3, -0.25) is 4.79 Å². The van der Waals surface area contributed by atoms with Crippen molar-refractivity contribution in [3.05, 3.63) is 41.7 Å². The van der Waals surface area contributed by atoms with Crippen LogP contribution in [0.3, 0.4) is 0 Å². The van der Waals surface area contributed by atoms with E-state index in [4.69, 9.17) is 0 Å². The number of amides is 1. The second-order valence-corrected chi connectivity index (χ2v) is 6.90. The molecule has 24 heavy (non-hydrogen) atoms. The number of aliphatic hydroxyl groups is 1. The fourth-order valence-electron chi connectivity index (χ4n) is 2.47. The van der Waals surface area contributed by atoms with Gasteiger partial charge in [0.1, 0.15) is 6.54 Å². The predicted molar refractivity (Wildman–Crippen MR) is 90.1 cm³/mol. The first kappa shape index (κ1) is 18.1. The Labute approximate surface area is 142 Å². The molecular formula is C17H25N5O2. The van der Waals surface area contributed by atoms with Crippen LogP contribution in [0, 0.1) is 0 Å². The number of benzene rings is 1. The second kappa shape index (κ2) is 7.53. The largest absolute Gasteiger partial charge is 0.389 e. The fourth-order valence-corrected chi connectivity index (χ4v) is 2.47. The molecule has 1 heterocycles. The molecule has 0 bridgehead atoms. The molecule has 0 aliphatic heterocycles. The number of carbonyl (C=O) groups excluding carboxylic acids is 1. The average Bonchev–Trinajstić information content (AvgIpc) is 2.94. The van der Waals surface area contributed by atoms with Crippen molar-refractivity contribution in [1.29, 1.82) is 0 Å². The molecule has 0 saturated carbocycles. The zero-order chi connectivity index (χ0) is 17.7. The molecule has 1 aromatic heterocycles. The summed E-state index contributed by atoms with van der Waals surface area (Å²) in [5, 5.41) is 21.7. The van der Waals surface area contributed by atoms with Crippen LogP contribution >= 0.6 is 0 Å². The van der Waals surface area contributed by atoms with Gasteiger partial charge < -0.3 is 10.0 Å². The van der Waals surface area contributed by atoms with Gasteiger partial charge in [-0.15, -0.1) is 5.10 Å². The van der Waals surface area contributed by atoms with Crippen molar-refractivity contribution < 1.29 is 9.90 Å². The van der Waals surface area contributed by atoms with E-state index >= 15 is 0 Å². The number of carbonyl (C=O) groups is 1. The maximum absolute atomic E-state index is 12.8. The molecule has 2 aromatic rings. The van der Waals surface area contributed by atoms with Gasteiger partial charge in [0.25, 0.3) is 0 Å². The summed E-state index contributed by atoms with van der Waals surface area (Å²) in [6.07, 6.45) is 0. The molecule has 130 valence electrons. The van der Waals surface area contributed by atoms with E-state index < -0.39 is 5.60 Å². The van der Waals surface area contributed by atoms with Crippen LogP contribution in [0.15, 0.2) is 30.3 Å². The van der Waals surface area contributed by atoms with E-state index in [-0.39, 0.29) is 24.9 Å². The lowest BCUT2D eigenvalue weighted by molar-refractivity contribution is -0.135. The zero-order valence-electron chi connectivity index (χ0n) is 14.7. The third-order valence-corrected chi connectivity index (χ3v) is 3.51. The molecule has 0 atom stereocenters. The minimum absolute atomic E-state index is 0.0590. The Bertz CT molecular complexity index is 661. The smallest absolute Gasteiger partial charge is 0.244 e. The van der Waals surface area contributed by atoms with Crippen molar-refractivity contribution >= 4 is 5.91 Å².